The number of hydrogen-bond donors (Lipinski definition) is 1. The monoisotopic (exact) mass is 311 g/mol. The van der Waals surface area contributed by atoms with Crippen LogP contribution in [0.1, 0.15) is 32.3 Å². The molecule has 0 aliphatic carbocycles. The number of sulfonamides is 1. The number of benzene rings is 1. The van der Waals surface area contributed by atoms with Crippen molar-refractivity contribution >= 4 is 16.0 Å². The van der Waals surface area contributed by atoms with Crippen molar-refractivity contribution in [2.75, 3.05) is 6.54 Å². The number of carbonyl (C=O) groups is 1. The lowest BCUT2D eigenvalue weighted by molar-refractivity contribution is -0.147. The van der Waals surface area contributed by atoms with E-state index in [4.69, 9.17) is 0 Å². The molecule has 0 aromatic heterocycles. The van der Waals surface area contributed by atoms with Crippen molar-refractivity contribution in [2.24, 2.45) is 5.41 Å². The maximum atomic E-state index is 12.8. The van der Waals surface area contributed by atoms with Crippen LogP contribution in [0.5, 0.6) is 0 Å². The van der Waals surface area contributed by atoms with Crippen molar-refractivity contribution < 1.29 is 18.3 Å². The summed E-state index contributed by atoms with van der Waals surface area (Å²) in [7, 11) is -3.80. The van der Waals surface area contributed by atoms with Crippen LogP contribution in [0.3, 0.4) is 0 Å². The van der Waals surface area contributed by atoms with Crippen LogP contribution in [-0.4, -0.2) is 36.4 Å². The molecule has 0 spiro atoms. The third-order valence-corrected chi connectivity index (χ3v) is 5.92. The molecule has 1 aliphatic heterocycles. The Morgan fingerprint density at radius 2 is 2.05 bits per heavy atom. The molecule has 21 heavy (non-hydrogen) atoms. The lowest BCUT2D eigenvalue weighted by atomic mass is 9.77. The summed E-state index contributed by atoms with van der Waals surface area (Å²) < 4.78 is 26.8. The van der Waals surface area contributed by atoms with Crippen molar-refractivity contribution in [2.45, 2.75) is 44.6 Å². The molecule has 0 radical (unpaired) electrons. The molecule has 2 rings (SSSR count). The summed E-state index contributed by atoms with van der Waals surface area (Å²) in [6.07, 6.45) is 1.37. The first kappa shape index (κ1) is 16.0. The van der Waals surface area contributed by atoms with Crippen LogP contribution in [-0.2, 0) is 14.8 Å². The van der Waals surface area contributed by atoms with Crippen LogP contribution in [0.2, 0.25) is 0 Å². The predicted octanol–water partition coefficient (Wildman–Crippen LogP) is 2.26. The van der Waals surface area contributed by atoms with Gasteiger partial charge in [0.15, 0.2) is 0 Å². The Labute approximate surface area is 125 Å². The van der Waals surface area contributed by atoms with Gasteiger partial charge in [-0.2, -0.15) is 4.31 Å². The molecule has 1 fully saturated rings. The van der Waals surface area contributed by atoms with Crippen molar-refractivity contribution in [3.63, 3.8) is 0 Å². The third kappa shape index (κ3) is 2.96. The van der Waals surface area contributed by atoms with Gasteiger partial charge in [0.1, 0.15) is 6.04 Å². The van der Waals surface area contributed by atoms with Gasteiger partial charge in [-0.15, -0.1) is 0 Å². The van der Waals surface area contributed by atoms with E-state index in [2.05, 4.69) is 0 Å². The number of piperidine rings is 1. The molecule has 116 valence electrons. The first-order chi connectivity index (χ1) is 9.66. The predicted molar refractivity (Wildman–Crippen MR) is 79.5 cm³/mol. The fourth-order valence-corrected chi connectivity index (χ4v) is 4.85. The van der Waals surface area contributed by atoms with Gasteiger partial charge in [-0.05, 0) is 42.9 Å². The van der Waals surface area contributed by atoms with Crippen LogP contribution in [0.4, 0.5) is 0 Å². The molecule has 1 heterocycles. The smallest absolute Gasteiger partial charge is 0.322 e. The molecule has 0 amide bonds. The second-order valence-corrected chi connectivity index (χ2v) is 8.16. The lowest BCUT2D eigenvalue weighted by Gasteiger charge is -2.43. The number of carboxylic acids is 1. The molecule has 5 nitrogen and oxygen atoms in total. The minimum atomic E-state index is -3.80. The van der Waals surface area contributed by atoms with Crippen molar-refractivity contribution in [1.29, 1.82) is 0 Å². The normalized spacial score (nSPS) is 22.9. The molecule has 1 aliphatic rings. The first-order valence-corrected chi connectivity index (χ1v) is 8.41. The Balaban J connectivity index is 2.49. The molecule has 0 bridgehead atoms. The zero-order valence-corrected chi connectivity index (χ0v) is 13.4. The van der Waals surface area contributed by atoms with Gasteiger partial charge < -0.3 is 5.11 Å². The molecular formula is C15H21NO4S. The number of aryl methyl sites for hydroxylation is 1. The molecule has 1 aromatic carbocycles. The number of rotatable bonds is 3. The minimum Gasteiger partial charge on any atom is -0.480 e. The molecule has 1 atom stereocenters. The third-order valence-electron chi connectivity index (χ3n) is 4.06. The average molecular weight is 311 g/mol. The molecule has 1 unspecified atom stereocenters. The van der Waals surface area contributed by atoms with E-state index >= 15 is 0 Å². The van der Waals surface area contributed by atoms with Gasteiger partial charge in [0, 0.05) is 6.54 Å². The number of hydrogen-bond acceptors (Lipinski definition) is 3. The van der Waals surface area contributed by atoms with Crippen molar-refractivity contribution in [3.05, 3.63) is 29.8 Å². The Hall–Kier alpha value is -1.40. The van der Waals surface area contributed by atoms with Gasteiger partial charge in [-0.25, -0.2) is 8.42 Å². The SMILES string of the molecule is Cc1cccc(S(=O)(=O)N2CCCC(C)(C)C2C(=O)O)c1. The average Bonchev–Trinajstić information content (AvgIpc) is 2.36. The summed E-state index contributed by atoms with van der Waals surface area (Å²) in [6.45, 7) is 5.68. The summed E-state index contributed by atoms with van der Waals surface area (Å²) in [5.41, 5.74) is 0.250. The van der Waals surface area contributed by atoms with E-state index in [0.29, 0.717) is 12.8 Å². The highest BCUT2D eigenvalue weighted by atomic mass is 32.2. The number of nitrogens with zero attached hydrogens (tertiary/aromatic N) is 1. The van der Waals surface area contributed by atoms with E-state index < -0.39 is 27.4 Å². The van der Waals surface area contributed by atoms with Crippen LogP contribution in [0.15, 0.2) is 29.2 Å². The van der Waals surface area contributed by atoms with E-state index in [1.165, 1.54) is 6.07 Å². The van der Waals surface area contributed by atoms with Crippen LogP contribution in [0.25, 0.3) is 0 Å². The van der Waals surface area contributed by atoms with Crippen LogP contribution >= 0.6 is 0 Å². The van der Waals surface area contributed by atoms with Crippen LogP contribution < -0.4 is 0 Å². The molecule has 1 saturated heterocycles. The van der Waals surface area contributed by atoms with Gasteiger partial charge >= 0.3 is 5.97 Å². The van der Waals surface area contributed by atoms with Gasteiger partial charge in [0.05, 0.1) is 4.90 Å². The molecule has 0 saturated carbocycles. The summed E-state index contributed by atoms with van der Waals surface area (Å²) in [6, 6.07) is 5.55. The second kappa shape index (κ2) is 5.42. The van der Waals surface area contributed by atoms with E-state index in [0.717, 1.165) is 9.87 Å². The van der Waals surface area contributed by atoms with Crippen molar-refractivity contribution in [1.82, 2.24) is 4.31 Å². The summed E-state index contributed by atoms with van der Waals surface area (Å²) in [5, 5.41) is 9.50. The largest absolute Gasteiger partial charge is 0.480 e. The Morgan fingerprint density at radius 1 is 1.38 bits per heavy atom. The van der Waals surface area contributed by atoms with Gasteiger partial charge in [0.2, 0.25) is 10.0 Å². The zero-order chi connectivity index (χ0) is 15.8. The standard InChI is InChI=1S/C15H21NO4S/c1-11-6-4-7-12(10-11)21(19,20)16-9-5-8-15(2,3)13(16)14(17)18/h4,6-7,10,13H,5,8-9H2,1-3H3,(H,17,18). The maximum Gasteiger partial charge on any atom is 0.322 e. The Bertz CT molecular complexity index is 651. The highest BCUT2D eigenvalue weighted by molar-refractivity contribution is 7.89. The maximum absolute atomic E-state index is 12.8. The Morgan fingerprint density at radius 3 is 2.62 bits per heavy atom. The van der Waals surface area contributed by atoms with Gasteiger partial charge in [-0.1, -0.05) is 26.0 Å². The first-order valence-electron chi connectivity index (χ1n) is 6.97. The number of carboxylic acid groups (broad SMARTS) is 1. The lowest BCUT2D eigenvalue weighted by Crippen LogP contribution is -2.56. The summed E-state index contributed by atoms with van der Waals surface area (Å²) >= 11 is 0. The minimum absolute atomic E-state index is 0.159. The quantitative estimate of drug-likeness (QED) is 0.929. The summed E-state index contributed by atoms with van der Waals surface area (Å²) in [5.74, 6) is -1.09. The molecule has 1 N–H and O–H groups in total. The summed E-state index contributed by atoms with van der Waals surface area (Å²) in [4.78, 5) is 11.8. The topological polar surface area (TPSA) is 74.7 Å². The molecule has 6 heteroatoms. The van der Waals surface area contributed by atoms with Gasteiger partial charge in [-0.3, -0.25) is 4.79 Å². The molecule has 1 aromatic rings. The van der Waals surface area contributed by atoms with Crippen LogP contribution in [0, 0.1) is 12.3 Å². The fourth-order valence-electron chi connectivity index (χ4n) is 2.97. The number of aliphatic carboxylic acids is 1. The zero-order valence-electron chi connectivity index (χ0n) is 12.5. The van der Waals surface area contributed by atoms with E-state index in [1.54, 1.807) is 12.1 Å². The van der Waals surface area contributed by atoms with Gasteiger partial charge in [0.25, 0.3) is 0 Å². The van der Waals surface area contributed by atoms with Crippen molar-refractivity contribution in [3.8, 4) is 0 Å². The fraction of sp³-hybridized carbons (Fsp3) is 0.533. The Kier molecular flexibility index (Phi) is 4.13. The highest BCUT2D eigenvalue weighted by Crippen LogP contribution is 2.38. The second-order valence-electron chi connectivity index (χ2n) is 6.27. The molecular weight excluding hydrogens is 290 g/mol. The van der Waals surface area contributed by atoms with E-state index in [-0.39, 0.29) is 11.4 Å². The van der Waals surface area contributed by atoms with E-state index in [1.807, 2.05) is 26.8 Å². The van der Waals surface area contributed by atoms with E-state index in [9.17, 15) is 18.3 Å². The highest BCUT2D eigenvalue weighted by Gasteiger charge is 2.47.